The summed E-state index contributed by atoms with van der Waals surface area (Å²) in [6.45, 7) is 0.781. The van der Waals surface area contributed by atoms with Gasteiger partial charge in [0, 0.05) is 11.6 Å². The fourth-order valence-corrected chi connectivity index (χ4v) is 5.59. The molecule has 1 N–H and O–H groups in total. The van der Waals surface area contributed by atoms with Crippen LogP contribution in [-0.2, 0) is 23.0 Å². The molecular formula is C23H21ClN2O3S2. The average Bonchev–Trinajstić information content (AvgIpc) is 3.07. The van der Waals surface area contributed by atoms with Crippen molar-refractivity contribution in [1.82, 2.24) is 9.29 Å². The van der Waals surface area contributed by atoms with Gasteiger partial charge in [-0.1, -0.05) is 65.4 Å². The molecule has 0 aliphatic rings. The van der Waals surface area contributed by atoms with Crippen LogP contribution in [0.3, 0.4) is 0 Å². The molecule has 0 aliphatic carbocycles. The predicted molar refractivity (Wildman–Crippen MR) is 127 cm³/mol. The number of nitrogens with zero attached hydrogens (tertiary/aromatic N) is 1. The SMILES string of the molecule is O=c1sc2cc(S(=O)(=O)NCCCc3ccc(Cl)cc3)ccc2n1Cc1ccccc1. The number of fused-ring (bicyclic) bond motifs is 1. The van der Waals surface area contributed by atoms with Crippen molar-refractivity contribution in [3.63, 3.8) is 0 Å². The lowest BCUT2D eigenvalue weighted by Gasteiger charge is -2.08. The molecule has 0 unspecified atom stereocenters. The minimum Gasteiger partial charge on any atom is -0.294 e. The summed E-state index contributed by atoms with van der Waals surface area (Å²) >= 11 is 6.94. The van der Waals surface area contributed by atoms with Crippen LogP contribution in [0.15, 0.2) is 82.5 Å². The second-order valence-electron chi connectivity index (χ2n) is 7.20. The van der Waals surface area contributed by atoms with Gasteiger partial charge in [0.25, 0.3) is 0 Å². The predicted octanol–water partition coefficient (Wildman–Crippen LogP) is 4.68. The third-order valence-electron chi connectivity index (χ3n) is 4.98. The third-order valence-corrected chi connectivity index (χ3v) is 7.63. The van der Waals surface area contributed by atoms with E-state index in [1.54, 1.807) is 22.8 Å². The van der Waals surface area contributed by atoms with E-state index in [0.717, 1.165) is 34.4 Å². The maximum atomic E-state index is 12.7. The highest BCUT2D eigenvalue weighted by Gasteiger charge is 2.16. The van der Waals surface area contributed by atoms with Crippen molar-refractivity contribution in [1.29, 1.82) is 0 Å². The second-order valence-corrected chi connectivity index (χ2v) is 10.4. The molecule has 160 valence electrons. The van der Waals surface area contributed by atoms with E-state index < -0.39 is 10.0 Å². The summed E-state index contributed by atoms with van der Waals surface area (Å²) in [6, 6.07) is 22.1. The molecule has 8 heteroatoms. The Morgan fingerprint density at radius 3 is 2.42 bits per heavy atom. The van der Waals surface area contributed by atoms with E-state index in [4.69, 9.17) is 11.6 Å². The standard InChI is InChI=1S/C23H21ClN2O3S2/c24-19-10-8-17(9-11-19)7-4-14-25-31(28,29)20-12-13-21-22(15-20)30-23(27)26(21)16-18-5-2-1-3-6-18/h1-3,5-6,8-13,15,25H,4,7,14,16H2. The van der Waals surface area contributed by atoms with Gasteiger partial charge in [0.2, 0.25) is 10.0 Å². The number of sulfonamides is 1. The number of hydrogen-bond donors (Lipinski definition) is 1. The summed E-state index contributed by atoms with van der Waals surface area (Å²) in [7, 11) is -3.65. The van der Waals surface area contributed by atoms with Gasteiger partial charge in [0.15, 0.2) is 0 Å². The smallest absolute Gasteiger partial charge is 0.294 e. The van der Waals surface area contributed by atoms with E-state index in [0.29, 0.717) is 29.2 Å². The number of benzene rings is 3. The number of nitrogens with one attached hydrogen (secondary N) is 1. The van der Waals surface area contributed by atoms with Gasteiger partial charge >= 0.3 is 4.87 Å². The Hall–Kier alpha value is -2.45. The van der Waals surface area contributed by atoms with Crippen LogP contribution in [0.5, 0.6) is 0 Å². The molecule has 4 rings (SSSR count). The lowest BCUT2D eigenvalue weighted by atomic mass is 10.1. The van der Waals surface area contributed by atoms with Crippen molar-refractivity contribution in [2.24, 2.45) is 0 Å². The summed E-state index contributed by atoms with van der Waals surface area (Å²) in [5.74, 6) is 0. The molecule has 31 heavy (non-hydrogen) atoms. The third kappa shape index (κ3) is 5.25. The fraction of sp³-hybridized carbons (Fsp3) is 0.174. The van der Waals surface area contributed by atoms with E-state index in [-0.39, 0.29) is 9.77 Å². The summed E-state index contributed by atoms with van der Waals surface area (Å²) in [6.07, 6.45) is 1.42. The van der Waals surface area contributed by atoms with Gasteiger partial charge in [-0.05, 0) is 54.3 Å². The Balaban J connectivity index is 1.45. The molecule has 5 nitrogen and oxygen atoms in total. The topological polar surface area (TPSA) is 68.2 Å². The van der Waals surface area contributed by atoms with Gasteiger partial charge in [0.1, 0.15) is 0 Å². The molecule has 0 bridgehead atoms. The molecule has 1 heterocycles. The van der Waals surface area contributed by atoms with Gasteiger partial charge in [-0.25, -0.2) is 13.1 Å². The minimum atomic E-state index is -3.65. The van der Waals surface area contributed by atoms with E-state index in [9.17, 15) is 13.2 Å². The molecular weight excluding hydrogens is 452 g/mol. The van der Waals surface area contributed by atoms with Crippen molar-refractivity contribution in [2.75, 3.05) is 6.54 Å². The minimum absolute atomic E-state index is 0.107. The fourth-order valence-electron chi connectivity index (χ4n) is 3.36. The first-order valence-electron chi connectivity index (χ1n) is 9.84. The Morgan fingerprint density at radius 2 is 1.68 bits per heavy atom. The number of rotatable bonds is 8. The molecule has 0 spiro atoms. The maximum Gasteiger partial charge on any atom is 0.308 e. The first kappa shape index (κ1) is 21.8. The zero-order valence-corrected chi connectivity index (χ0v) is 19.0. The van der Waals surface area contributed by atoms with Crippen LogP contribution in [0.25, 0.3) is 10.2 Å². The number of halogens is 1. The van der Waals surface area contributed by atoms with Gasteiger partial charge in [-0.15, -0.1) is 0 Å². The summed E-state index contributed by atoms with van der Waals surface area (Å²) < 4.78 is 30.4. The van der Waals surface area contributed by atoms with Crippen LogP contribution in [0.4, 0.5) is 0 Å². The highest BCUT2D eigenvalue weighted by Crippen LogP contribution is 2.22. The molecule has 4 aromatic rings. The molecule has 3 aromatic carbocycles. The summed E-state index contributed by atoms with van der Waals surface area (Å²) in [5.41, 5.74) is 2.86. The van der Waals surface area contributed by atoms with Gasteiger partial charge in [0.05, 0.1) is 21.7 Å². The Kier molecular flexibility index (Phi) is 6.57. The quantitative estimate of drug-likeness (QED) is 0.379. The number of thiazole rings is 1. The Labute approximate surface area is 190 Å². The van der Waals surface area contributed by atoms with Gasteiger partial charge in [-0.2, -0.15) is 0 Å². The van der Waals surface area contributed by atoms with Crippen molar-refractivity contribution in [2.45, 2.75) is 24.3 Å². The lowest BCUT2D eigenvalue weighted by Crippen LogP contribution is -2.25. The van der Waals surface area contributed by atoms with Gasteiger partial charge in [-0.3, -0.25) is 9.36 Å². The van der Waals surface area contributed by atoms with E-state index in [2.05, 4.69) is 4.72 Å². The van der Waals surface area contributed by atoms with E-state index in [1.165, 1.54) is 0 Å². The normalized spacial score (nSPS) is 11.8. The van der Waals surface area contributed by atoms with Crippen LogP contribution in [0, 0.1) is 0 Å². The van der Waals surface area contributed by atoms with Crippen LogP contribution in [-0.4, -0.2) is 19.5 Å². The van der Waals surface area contributed by atoms with Crippen LogP contribution < -0.4 is 9.60 Å². The monoisotopic (exact) mass is 472 g/mol. The van der Waals surface area contributed by atoms with Crippen LogP contribution in [0.1, 0.15) is 17.5 Å². The van der Waals surface area contributed by atoms with Crippen molar-refractivity contribution < 1.29 is 8.42 Å². The zero-order valence-electron chi connectivity index (χ0n) is 16.6. The van der Waals surface area contributed by atoms with Crippen molar-refractivity contribution in [3.05, 3.63) is 98.6 Å². The van der Waals surface area contributed by atoms with Crippen LogP contribution in [0.2, 0.25) is 5.02 Å². The zero-order chi connectivity index (χ0) is 21.8. The highest BCUT2D eigenvalue weighted by molar-refractivity contribution is 7.89. The largest absolute Gasteiger partial charge is 0.308 e. The maximum absolute atomic E-state index is 12.7. The van der Waals surface area contributed by atoms with Crippen LogP contribution >= 0.6 is 22.9 Å². The Bertz CT molecular complexity index is 1350. The number of aryl methyl sites for hydroxylation is 1. The molecule has 0 atom stereocenters. The number of hydrogen-bond acceptors (Lipinski definition) is 4. The molecule has 0 saturated carbocycles. The molecule has 0 fully saturated rings. The first-order chi connectivity index (χ1) is 14.9. The number of aromatic nitrogens is 1. The summed E-state index contributed by atoms with van der Waals surface area (Å²) in [5, 5.41) is 0.680. The molecule has 0 radical (unpaired) electrons. The highest BCUT2D eigenvalue weighted by atomic mass is 35.5. The second kappa shape index (κ2) is 9.36. The Morgan fingerprint density at radius 1 is 0.935 bits per heavy atom. The molecule has 0 amide bonds. The van der Waals surface area contributed by atoms with Crippen molar-refractivity contribution in [3.8, 4) is 0 Å². The molecule has 0 saturated heterocycles. The van der Waals surface area contributed by atoms with E-state index >= 15 is 0 Å². The average molecular weight is 473 g/mol. The van der Waals surface area contributed by atoms with Crippen molar-refractivity contribution >= 4 is 43.2 Å². The molecule has 0 aliphatic heterocycles. The van der Waals surface area contributed by atoms with Gasteiger partial charge < -0.3 is 0 Å². The lowest BCUT2D eigenvalue weighted by molar-refractivity contribution is 0.579. The summed E-state index contributed by atoms with van der Waals surface area (Å²) in [4.78, 5) is 12.5. The first-order valence-corrected chi connectivity index (χ1v) is 12.5. The van der Waals surface area contributed by atoms with E-state index in [1.807, 2.05) is 54.6 Å². The molecule has 1 aromatic heterocycles.